The molecule has 0 saturated heterocycles. The van der Waals surface area contributed by atoms with Crippen molar-refractivity contribution in [2.75, 3.05) is 5.32 Å². The number of fused-ring (bicyclic) bond motifs is 1. The fourth-order valence-electron chi connectivity index (χ4n) is 2.54. The van der Waals surface area contributed by atoms with Gasteiger partial charge in [0.15, 0.2) is 0 Å². The first-order chi connectivity index (χ1) is 12.3. The van der Waals surface area contributed by atoms with Crippen molar-refractivity contribution in [1.29, 1.82) is 0 Å². The van der Waals surface area contributed by atoms with Crippen LogP contribution in [0.1, 0.15) is 22.3 Å². The zero-order chi connectivity index (χ0) is 17.2. The summed E-state index contributed by atoms with van der Waals surface area (Å²) in [7, 11) is 0. The van der Waals surface area contributed by atoms with Crippen LogP contribution in [0.5, 0.6) is 0 Å². The molecule has 0 unspecified atom stereocenters. The van der Waals surface area contributed by atoms with Gasteiger partial charge in [0.1, 0.15) is 17.0 Å². The zero-order valence-electron chi connectivity index (χ0n) is 13.4. The van der Waals surface area contributed by atoms with Crippen molar-refractivity contribution in [2.45, 2.75) is 13.3 Å². The first-order valence-corrected chi connectivity index (χ1v) is 8.54. The molecule has 8 heteroatoms. The minimum atomic E-state index is -0.213. The lowest BCUT2D eigenvalue weighted by molar-refractivity contribution is 0.102. The predicted molar refractivity (Wildman–Crippen MR) is 96.1 cm³/mol. The van der Waals surface area contributed by atoms with E-state index in [1.54, 1.807) is 12.5 Å². The van der Waals surface area contributed by atoms with E-state index in [-0.39, 0.29) is 5.91 Å². The fraction of sp³-hybridized carbons (Fsp3) is 0.118. The number of benzene rings is 1. The Morgan fingerprint density at radius 2 is 2.08 bits per heavy atom. The van der Waals surface area contributed by atoms with Crippen molar-refractivity contribution >= 4 is 34.2 Å². The van der Waals surface area contributed by atoms with Crippen LogP contribution < -0.4 is 5.32 Å². The van der Waals surface area contributed by atoms with E-state index in [1.807, 2.05) is 47.9 Å². The maximum Gasteiger partial charge on any atom is 0.269 e. The summed E-state index contributed by atoms with van der Waals surface area (Å²) < 4.78 is 5.74. The standard InChI is InChI=1S/C17H14N6OS/c1-2-12-16(25-22-21-12)17(24)20-11-7-8-15(18-9-11)23-10-19-13-5-3-4-6-14(13)23/h3-10H,2H2,1H3,(H,20,24). The molecule has 0 spiro atoms. The SMILES string of the molecule is CCc1nnsc1C(=O)Nc1ccc(-n2cnc3ccccc32)nc1. The summed E-state index contributed by atoms with van der Waals surface area (Å²) in [6, 6.07) is 11.5. The number of carbonyl (C=O) groups excluding carboxylic acids is 1. The van der Waals surface area contributed by atoms with E-state index in [0.717, 1.165) is 28.4 Å². The summed E-state index contributed by atoms with van der Waals surface area (Å²) in [4.78, 5) is 21.6. The van der Waals surface area contributed by atoms with E-state index >= 15 is 0 Å². The highest BCUT2D eigenvalue weighted by Crippen LogP contribution is 2.18. The quantitative estimate of drug-likeness (QED) is 0.611. The Balaban J connectivity index is 1.57. The lowest BCUT2D eigenvalue weighted by Gasteiger charge is -2.06. The number of para-hydroxylation sites is 2. The van der Waals surface area contributed by atoms with Gasteiger partial charge in [0.25, 0.3) is 5.91 Å². The number of nitrogens with zero attached hydrogens (tertiary/aromatic N) is 5. The molecule has 25 heavy (non-hydrogen) atoms. The molecular formula is C17H14N6OS. The largest absolute Gasteiger partial charge is 0.320 e. The van der Waals surface area contributed by atoms with Crippen LogP contribution in [-0.4, -0.2) is 30.0 Å². The molecule has 3 aromatic heterocycles. The fourth-order valence-corrected chi connectivity index (χ4v) is 3.19. The van der Waals surface area contributed by atoms with Crippen molar-refractivity contribution in [1.82, 2.24) is 24.1 Å². The Bertz CT molecular complexity index is 1040. The molecule has 0 bridgehead atoms. The molecular weight excluding hydrogens is 336 g/mol. The van der Waals surface area contributed by atoms with Crippen LogP contribution in [0.3, 0.4) is 0 Å². The lowest BCUT2D eigenvalue weighted by Crippen LogP contribution is -2.12. The maximum atomic E-state index is 12.3. The van der Waals surface area contributed by atoms with Crippen LogP contribution in [0, 0.1) is 0 Å². The minimum absolute atomic E-state index is 0.213. The van der Waals surface area contributed by atoms with Gasteiger partial charge < -0.3 is 5.32 Å². The molecule has 0 aliphatic carbocycles. The van der Waals surface area contributed by atoms with Crippen LogP contribution in [0.15, 0.2) is 48.9 Å². The Hall–Kier alpha value is -3.13. The van der Waals surface area contributed by atoms with Crippen LogP contribution in [-0.2, 0) is 6.42 Å². The van der Waals surface area contributed by atoms with Gasteiger partial charge in [0.05, 0.1) is 28.6 Å². The number of hydrogen-bond donors (Lipinski definition) is 1. The second-order valence-corrected chi connectivity index (χ2v) is 6.12. The maximum absolute atomic E-state index is 12.3. The number of pyridine rings is 1. The Kier molecular flexibility index (Phi) is 3.95. The highest BCUT2D eigenvalue weighted by atomic mass is 32.1. The summed E-state index contributed by atoms with van der Waals surface area (Å²) in [5.74, 6) is 0.523. The number of anilines is 1. The van der Waals surface area contributed by atoms with Gasteiger partial charge >= 0.3 is 0 Å². The molecule has 4 rings (SSSR count). The van der Waals surface area contributed by atoms with E-state index in [4.69, 9.17) is 0 Å². The lowest BCUT2D eigenvalue weighted by atomic mass is 10.3. The van der Waals surface area contributed by atoms with Gasteiger partial charge in [-0.2, -0.15) is 0 Å². The van der Waals surface area contributed by atoms with Crippen LogP contribution >= 0.6 is 11.5 Å². The van der Waals surface area contributed by atoms with Crippen molar-refractivity contribution in [3.8, 4) is 5.82 Å². The number of carbonyl (C=O) groups is 1. The molecule has 0 fully saturated rings. The molecule has 7 nitrogen and oxygen atoms in total. The van der Waals surface area contributed by atoms with Gasteiger partial charge in [-0.3, -0.25) is 9.36 Å². The number of aryl methyl sites for hydroxylation is 1. The van der Waals surface area contributed by atoms with Gasteiger partial charge in [-0.25, -0.2) is 9.97 Å². The molecule has 4 aromatic rings. The molecule has 3 heterocycles. The molecule has 124 valence electrons. The van der Waals surface area contributed by atoms with Gasteiger partial charge in [0, 0.05) is 0 Å². The third-order valence-electron chi connectivity index (χ3n) is 3.80. The van der Waals surface area contributed by atoms with Gasteiger partial charge in [0.2, 0.25) is 0 Å². The van der Waals surface area contributed by atoms with Crippen LogP contribution in [0.4, 0.5) is 5.69 Å². The molecule has 1 aromatic carbocycles. The third-order valence-corrected chi connectivity index (χ3v) is 4.57. The average molecular weight is 350 g/mol. The van der Waals surface area contributed by atoms with Crippen molar-refractivity contribution in [3.63, 3.8) is 0 Å². The summed E-state index contributed by atoms with van der Waals surface area (Å²) in [6.45, 7) is 1.94. The topological polar surface area (TPSA) is 85.6 Å². The normalized spacial score (nSPS) is 10.9. The number of aromatic nitrogens is 5. The summed E-state index contributed by atoms with van der Waals surface area (Å²) in [5.41, 5.74) is 3.21. The van der Waals surface area contributed by atoms with Crippen molar-refractivity contribution in [3.05, 3.63) is 59.5 Å². The van der Waals surface area contributed by atoms with E-state index in [9.17, 15) is 4.79 Å². The summed E-state index contributed by atoms with van der Waals surface area (Å²) >= 11 is 1.10. The first kappa shape index (κ1) is 15.4. The minimum Gasteiger partial charge on any atom is -0.320 e. The number of imidazole rings is 1. The smallest absolute Gasteiger partial charge is 0.269 e. The zero-order valence-corrected chi connectivity index (χ0v) is 14.2. The van der Waals surface area contributed by atoms with E-state index in [0.29, 0.717) is 22.7 Å². The molecule has 0 aliphatic rings. The average Bonchev–Trinajstić information content (AvgIpc) is 3.29. The van der Waals surface area contributed by atoms with Crippen molar-refractivity contribution in [2.24, 2.45) is 0 Å². The summed E-state index contributed by atoms with van der Waals surface area (Å²) in [5, 5.41) is 6.79. The Labute approximate surface area is 147 Å². The monoisotopic (exact) mass is 350 g/mol. The second-order valence-electron chi connectivity index (χ2n) is 5.36. The van der Waals surface area contributed by atoms with Gasteiger partial charge in [-0.1, -0.05) is 23.5 Å². The molecule has 0 aliphatic heterocycles. The van der Waals surface area contributed by atoms with Gasteiger partial charge in [-0.15, -0.1) is 5.10 Å². The molecule has 1 N–H and O–H groups in total. The number of nitrogens with one attached hydrogen (secondary N) is 1. The van der Waals surface area contributed by atoms with E-state index in [1.165, 1.54) is 0 Å². The summed E-state index contributed by atoms with van der Waals surface area (Å²) in [6.07, 6.45) is 4.04. The van der Waals surface area contributed by atoms with Crippen LogP contribution in [0.2, 0.25) is 0 Å². The van der Waals surface area contributed by atoms with E-state index < -0.39 is 0 Å². The number of rotatable bonds is 4. The second kappa shape index (κ2) is 6.40. The Morgan fingerprint density at radius 3 is 2.88 bits per heavy atom. The highest BCUT2D eigenvalue weighted by Gasteiger charge is 2.15. The van der Waals surface area contributed by atoms with Gasteiger partial charge in [-0.05, 0) is 42.2 Å². The van der Waals surface area contributed by atoms with Crippen molar-refractivity contribution < 1.29 is 4.79 Å². The molecule has 0 radical (unpaired) electrons. The number of hydrogen-bond acceptors (Lipinski definition) is 6. The Morgan fingerprint density at radius 1 is 1.20 bits per heavy atom. The van der Waals surface area contributed by atoms with E-state index in [2.05, 4.69) is 24.9 Å². The first-order valence-electron chi connectivity index (χ1n) is 7.77. The van der Waals surface area contributed by atoms with Crippen LogP contribution in [0.25, 0.3) is 16.9 Å². The number of amides is 1. The third kappa shape index (κ3) is 2.87. The molecule has 0 atom stereocenters. The molecule has 1 amide bonds. The molecule has 0 saturated carbocycles. The highest BCUT2D eigenvalue weighted by molar-refractivity contribution is 7.08. The predicted octanol–water partition coefficient (Wildman–Crippen LogP) is 3.09.